The lowest BCUT2D eigenvalue weighted by atomic mass is 10.3. The molecule has 0 amide bonds. The van der Waals surface area contributed by atoms with Crippen molar-refractivity contribution in [3.05, 3.63) is 11.5 Å². The van der Waals surface area contributed by atoms with E-state index in [0.29, 0.717) is 0 Å². The molecular weight excluding hydrogens is 92.1 g/mol. The summed E-state index contributed by atoms with van der Waals surface area (Å²) in [6.45, 7) is 0. The predicted molar refractivity (Wildman–Crippen MR) is 33.4 cm³/mol. The summed E-state index contributed by atoms with van der Waals surface area (Å²) in [5.41, 5.74) is 0. The maximum absolute atomic E-state index is 2.28. The van der Waals surface area contributed by atoms with E-state index in [0.717, 1.165) is 0 Å². The molecule has 1 rings (SSSR count). The average molecular weight is 100 g/mol. The van der Waals surface area contributed by atoms with Crippen molar-refractivity contribution in [3.8, 4) is 0 Å². The maximum atomic E-state index is 2.28. The summed E-state index contributed by atoms with van der Waals surface area (Å²) < 4.78 is 0. The standard InChI is InChI=1S/C5H8S/c1-2-4-6-5-3-1/h2,4-6H,1,3H2. The summed E-state index contributed by atoms with van der Waals surface area (Å²) in [6, 6.07) is 0. The third-order valence-electron chi connectivity index (χ3n) is 0.759. The molecule has 0 nitrogen and oxygen atoms in total. The molecule has 1 heterocycles. The van der Waals surface area contributed by atoms with Crippen LogP contribution in [0.3, 0.4) is 0 Å². The van der Waals surface area contributed by atoms with Crippen molar-refractivity contribution < 1.29 is 0 Å². The van der Waals surface area contributed by atoms with Crippen LogP contribution in [0.5, 0.6) is 0 Å². The van der Waals surface area contributed by atoms with Gasteiger partial charge in [0.25, 0.3) is 0 Å². The molecule has 0 spiro atoms. The highest BCUT2D eigenvalue weighted by atomic mass is 32.1. The van der Waals surface area contributed by atoms with Crippen LogP contribution in [0.15, 0.2) is 11.5 Å². The lowest BCUT2D eigenvalue weighted by molar-refractivity contribution is 1.13. The van der Waals surface area contributed by atoms with Crippen LogP contribution in [0.25, 0.3) is 0 Å². The van der Waals surface area contributed by atoms with Gasteiger partial charge in [0.1, 0.15) is 0 Å². The average Bonchev–Trinajstić information content (AvgIpc) is 1.72. The van der Waals surface area contributed by atoms with Gasteiger partial charge in [0.2, 0.25) is 0 Å². The second kappa shape index (κ2) is 2.19. The highest BCUT2D eigenvalue weighted by Gasteiger charge is 1.77. The van der Waals surface area contributed by atoms with E-state index in [2.05, 4.69) is 16.9 Å². The molecule has 1 aliphatic rings. The van der Waals surface area contributed by atoms with Gasteiger partial charge in [-0.05, 0) is 18.2 Å². The first-order valence-electron chi connectivity index (χ1n) is 2.17. The zero-order chi connectivity index (χ0) is 4.24. The largest absolute Gasteiger partial charge is 0.181 e. The molecule has 0 radical (unpaired) electrons. The summed E-state index contributed by atoms with van der Waals surface area (Å²) in [5, 5.41) is 4.46. The van der Waals surface area contributed by atoms with Crippen LogP contribution in [-0.2, 0) is 0 Å². The molecule has 0 aromatic rings. The van der Waals surface area contributed by atoms with E-state index < -0.39 is 0 Å². The predicted octanol–water partition coefficient (Wildman–Crippen LogP) is 1.56. The fraction of sp³-hybridized carbons (Fsp3) is 0.400. The third kappa shape index (κ3) is 0.977. The summed E-state index contributed by atoms with van der Waals surface area (Å²) in [5.74, 6) is 0. The normalized spacial score (nSPS) is 20.0. The molecule has 0 bridgehead atoms. The SMILES string of the molecule is C1=C[SH]=CCC1. The molecule has 0 unspecified atom stereocenters. The lowest BCUT2D eigenvalue weighted by Crippen LogP contribution is -1.71. The number of thiol groups is 1. The molecule has 1 heteroatoms. The van der Waals surface area contributed by atoms with Crippen molar-refractivity contribution in [2.45, 2.75) is 12.8 Å². The van der Waals surface area contributed by atoms with E-state index in [-0.39, 0.29) is 0 Å². The minimum atomic E-state index is 1.26. The Morgan fingerprint density at radius 1 is 1.33 bits per heavy atom. The number of rotatable bonds is 0. The summed E-state index contributed by atoms with van der Waals surface area (Å²) in [4.78, 5) is 0. The van der Waals surface area contributed by atoms with Gasteiger partial charge in [-0.2, -0.15) is 11.4 Å². The van der Waals surface area contributed by atoms with E-state index in [4.69, 9.17) is 0 Å². The highest BCUT2D eigenvalue weighted by molar-refractivity contribution is 8.00. The van der Waals surface area contributed by atoms with Gasteiger partial charge in [-0.1, -0.05) is 11.4 Å². The van der Waals surface area contributed by atoms with E-state index in [1.165, 1.54) is 24.2 Å². The first-order valence-corrected chi connectivity index (χ1v) is 3.20. The summed E-state index contributed by atoms with van der Waals surface area (Å²) >= 11 is 1.39. The Hall–Kier alpha value is -0.0400. The lowest BCUT2D eigenvalue weighted by Gasteiger charge is -1.88. The van der Waals surface area contributed by atoms with Crippen LogP contribution in [0.4, 0.5) is 0 Å². The van der Waals surface area contributed by atoms with Gasteiger partial charge in [0, 0.05) is 0 Å². The Balaban J connectivity index is 2.46. The van der Waals surface area contributed by atoms with E-state index >= 15 is 0 Å². The topological polar surface area (TPSA) is 0 Å². The fourth-order valence-corrected chi connectivity index (χ4v) is 1.13. The van der Waals surface area contributed by atoms with Crippen molar-refractivity contribution in [2.24, 2.45) is 0 Å². The summed E-state index contributed by atoms with van der Waals surface area (Å²) in [6.07, 6.45) is 4.76. The van der Waals surface area contributed by atoms with Gasteiger partial charge in [0.05, 0.1) is 0 Å². The van der Waals surface area contributed by atoms with Gasteiger partial charge in [0.15, 0.2) is 0 Å². The van der Waals surface area contributed by atoms with Crippen molar-refractivity contribution in [3.63, 3.8) is 0 Å². The maximum Gasteiger partial charge on any atom is -0.0260 e. The Kier molecular flexibility index (Phi) is 1.51. The van der Waals surface area contributed by atoms with Crippen molar-refractivity contribution >= 4 is 16.7 Å². The van der Waals surface area contributed by atoms with Crippen molar-refractivity contribution in [1.29, 1.82) is 0 Å². The Labute approximate surface area is 41.8 Å². The molecule has 34 valence electrons. The molecule has 0 atom stereocenters. The molecule has 0 aromatic heterocycles. The zero-order valence-electron chi connectivity index (χ0n) is 3.59. The van der Waals surface area contributed by atoms with E-state index in [1.54, 1.807) is 0 Å². The molecular formula is C5H8S. The molecule has 0 fully saturated rings. The van der Waals surface area contributed by atoms with Gasteiger partial charge >= 0.3 is 0 Å². The second-order valence-electron chi connectivity index (χ2n) is 1.29. The Morgan fingerprint density at radius 2 is 2.33 bits per heavy atom. The minimum absolute atomic E-state index is 1.26. The highest BCUT2D eigenvalue weighted by Crippen LogP contribution is 2.00. The molecule has 6 heavy (non-hydrogen) atoms. The third-order valence-corrected chi connectivity index (χ3v) is 1.61. The van der Waals surface area contributed by atoms with Crippen LogP contribution < -0.4 is 0 Å². The van der Waals surface area contributed by atoms with Crippen LogP contribution >= 0.6 is 11.4 Å². The van der Waals surface area contributed by atoms with Crippen LogP contribution in [0.1, 0.15) is 12.8 Å². The Bertz CT molecular complexity index is 69.9. The van der Waals surface area contributed by atoms with Crippen LogP contribution in [-0.4, -0.2) is 5.37 Å². The number of allylic oxidation sites excluding steroid dienone is 1. The molecule has 0 saturated heterocycles. The smallest absolute Gasteiger partial charge is 0.0260 e. The van der Waals surface area contributed by atoms with Crippen LogP contribution in [0, 0.1) is 0 Å². The van der Waals surface area contributed by atoms with E-state index in [1.807, 2.05) is 0 Å². The first-order chi connectivity index (χ1) is 3.00. The number of hydrogen-bond acceptors (Lipinski definition) is 0. The fourth-order valence-electron chi connectivity index (χ4n) is 0.442. The molecule has 0 aromatic carbocycles. The van der Waals surface area contributed by atoms with Crippen LogP contribution in [0.2, 0.25) is 0 Å². The molecule has 0 saturated carbocycles. The van der Waals surface area contributed by atoms with E-state index in [9.17, 15) is 0 Å². The van der Waals surface area contributed by atoms with Crippen molar-refractivity contribution in [1.82, 2.24) is 0 Å². The molecule has 0 N–H and O–H groups in total. The molecule has 1 aliphatic heterocycles. The Morgan fingerprint density at radius 3 is 2.50 bits per heavy atom. The quantitative estimate of drug-likeness (QED) is 0.346. The zero-order valence-corrected chi connectivity index (χ0v) is 4.49. The first kappa shape index (κ1) is 4.13. The van der Waals surface area contributed by atoms with Crippen molar-refractivity contribution in [2.75, 3.05) is 0 Å². The second-order valence-corrected chi connectivity index (χ2v) is 2.26. The van der Waals surface area contributed by atoms with Gasteiger partial charge in [-0.25, -0.2) is 0 Å². The number of hydrogen-bond donors (Lipinski definition) is 1. The summed E-state index contributed by atoms with van der Waals surface area (Å²) in [7, 11) is 0. The van der Waals surface area contributed by atoms with Gasteiger partial charge < -0.3 is 0 Å². The molecule has 0 aliphatic carbocycles. The van der Waals surface area contributed by atoms with Gasteiger partial charge in [-0.3, -0.25) is 0 Å². The minimum Gasteiger partial charge on any atom is -0.181 e. The van der Waals surface area contributed by atoms with Gasteiger partial charge in [-0.15, -0.1) is 0 Å². The monoisotopic (exact) mass is 100 g/mol.